The number of thioether (sulfide) groups is 1. The number of benzene rings is 1. The molecule has 1 aliphatic heterocycles. The number of fused-ring (bicyclic) bond motifs is 1. The Labute approximate surface area is 160 Å². The maximum Gasteiger partial charge on any atom is 0.231 e. The van der Waals surface area contributed by atoms with Crippen LogP contribution in [0.15, 0.2) is 27.9 Å². The highest BCUT2D eigenvalue weighted by atomic mass is 32.2. The molecule has 0 saturated heterocycles. The van der Waals surface area contributed by atoms with Gasteiger partial charge >= 0.3 is 0 Å². The zero-order valence-electron chi connectivity index (χ0n) is 14.6. The number of Topliss-reactive ketones (excluding diaryl/α,β-unsaturated/α-hetero) is 1. The summed E-state index contributed by atoms with van der Waals surface area (Å²) in [6, 6.07) is 5.35. The maximum absolute atomic E-state index is 12.4. The minimum Gasteiger partial charge on any atom is -0.454 e. The minimum absolute atomic E-state index is 0.000404. The number of carbonyl (C=O) groups is 2. The number of carbonyl (C=O) groups excluding carboxylic acids is 2. The van der Waals surface area contributed by atoms with Gasteiger partial charge in [0.25, 0.3) is 0 Å². The van der Waals surface area contributed by atoms with Crippen LogP contribution in [0.3, 0.4) is 0 Å². The lowest BCUT2D eigenvalue weighted by atomic mass is 10.1. The number of nitrogens with one attached hydrogen (secondary N) is 1. The Morgan fingerprint density at radius 2 is 2.15 bits per heavy atom. The van der Waals surface area contributed by atoms with Crippen LogP contribution in [0.4, 0.5) is 0 Å². The molecule has 0 aliphatic carbocycles. The third kappa shape index (κ3) is 4.76. The Hall–Kier alpha value is -2.06. The summed E-state index contributed by atoms with van der Waals surface area (Å²) in [6.07, 6.45) is 1.16. The van der Waals surface area contributed by atoms with Crippen LogP contribution < -0.4 is 14.8 Å². The fourth-order valence-corrected chi connectivity index (χ4v) is 4.05. The van der Waals surface area contributed by atoms with E-state index in [4.69, 9.17) is 9.47 Å². The summed E-state index contributed by atoms with van der Waals surface area (Å²) < 4.78 is 11.3. The van der Waals surface area contributed by atoms with Gasteiger partial charge < -0.3 is 14.8 Å². The van der Waals surface area contributed by atoms with Crippen LogP contribution in [-0.2, 0) is 11.2 Å². The third-order valence-electron chi connectivity index (χ3n) is 3.91. The van der Waals surface area contributed by atoms with Crippen molar-refractivity contribution in [1.82, 2.24) is 10.3 Å². The Morgan fingerprint density at radius 3 is 2.96 bits per heavy atom. The van der Waals surface area contributed by atoms with E-state index in [9.17, 15) is 9.59 Å². The molecule has 0 bridgehead atoms. The van der Waals surface area contributed by atoms with Gasteiger partial charge in [-0.1, -0.05) is 18.7 Å². The van der Waals surface area contributed by atoms with Crippen molar-refractivity contribution < 1.29 is 19.1 Å². The summed E-state index contributed by atoms with van der Waals surface area (Å²) in [5.74, 6) is 1.52. The Balaban J connectivity index is 1.51. The quantitative estimate of drug-likeness (QED) is 0.549. The molecule has 1 aromatic heterocycles. The molecule has 2 heterocycles. The SMILES string of the molecule is CCC(C)NC(=O)Cc1csc(SCC(=O)c2ccc3c(c2)OCO3)n1. The van der Waals surface area contributed by atoms with Crippen molar-refractivity contribution in [2.24, 2.45) is 0 Å². The van der Waals surface area contributed by atoms with Crippen molar-refractivity contribution in [3.05, 3.63) is 34.8 Å². The van der Waals surface area contributed by atoms with E-state index >= 15 is 0 Å². The highest BCUT2D eigenvalue weighted by molar-refractivity contribution is 8.01. The molecule has 26 heavy (non-hydrogen) atoms. The van der Waals surface area contributed by atoms with Gasteiger partial charge in [-0.2, -0.15) is 0 Å². The van der Waals surface area contributed by atoms with Crippen LogP contribution >= 0.6 is 23.1 Å². The molecule has 138 valence electrons. The van der Waals surface area contributed by atoms with Gasteiger partial charge in [0.1, 0.15) is 0 Å². The summed E-state index contributed by atoms with van der Waals surface area (Å²) in [5.41, 5.74) is 1.32. The summed E-state index contributed by atoms with van der Waals surface area (Å²) in [5, 5.41) is 4.79. The molecule has 0 saturated carbocycles. The molecule has 0 spiro atoms. The number of ketones is 1. The molecule has 1 amide bonds. The van der Waals surface area contributed by atoms with Gasteiger partial charge in [0, 0.05) is 17.0 Å². The van der Waals surface area contributed by atoms with Gasteiger partial charge in [-0.15, -0.1) is 11.3 Å². The van der Waals surface area contributed by atoms with Crippen LogP contribution in [-0.4, -0.2) is 35.3 Å². The van der Waals surface area contributed by atoms with Gasteiger partial charge in [-0.05, 0) is 31.5 Å². The summed E-state index contributed by atoms with van der Waals surface area (Å²) in [6.45, 7) is 4.19. The molecular weight excluding hydrogens is 372 g/mol. The van der Waals surface area contributed by atoms with Crippen LogP contribution in [0.1, 0.15) is 36.3 Å². The predicted molar refractivity (Wildman–Crippen MR) is 101 cm³/mol. The largest absolute Gasteiger partial charge is 0.454 e. The smallest absolute Gasteiger partial charge is 0.231 e. The number of hydrogen-bond acceptors (Lipinski definition) is 7. The molecule has 1 atom stereocenters. The van der Waals surface area contributed by atoms with Crippen molar-refractivity contribution in [3.63, 3.8) is 0 Å². The molecule has 1 aromatic carbocycles. The molecule has 8 heteroatoms. The molecule has 6 nitrogen and oxygen atoms in total. The van der Waals surface area contributed by atoms with Crippen molar-refractivity contribution >= 4 is 34.8 Å². The van der Waals surface area contributed by atoms with Crippen LogP contribution in [0.25, 0.3) is 0 Å². The topological polar surface area (TPSA) is 77.5 Å². The lowest BCUT2D eigenvalue weighted by Crippen LogP contribution is -2.33. The first-order valence-electron chi connectivity index (χ1n) is 8.34. The van der Waals surface area contributed by atoms with E-state index in [2.05, 4.69) is 10.3 Å². The molecule has 0 radical (unpaired) electrons. The highest BCUT2D eigenvalue weighted by Crippen LogP contribution is 2.33. The lowest BCUT2D eigenvalue weighted by molar-refractivity contribution is -0.121. The molecule has 3 rings (SSSR count). The number of rotatable bonds is 8. The molecule has 1 aliphatic rings. The van der Waals surface area contributed by atoms with Crippen LogP contribution in [0, 0.1) is 0 Å². The summed E-state index contributed by atoms with van der Waals surface area (Å²) in [4.78, 5) is 28.7. The Morgan fingerprint density at radius 1 is 1.35 bits per heavy atom. The number of nitrogens with zero attached hydrogens (tertiary/aromatic N) is 1. The zero-order chi connectivity index (χ0) is 18.5. The van der Waals surface area contributed by atoms with Crippen molar-refractivity contribution in [1.29, 1.82) is 0 Å². The zero-order valence-corrected chi connectivity index (χ0v) is 16.2. The average Bonchev–Trinajstić information content (AvgIpc) is 3.27. The van der Waals surface area contributed by atoms with Gasteiger partial charge in [0.05, 0.1) is 17.9 Å². The van der Waals surface area contributed by atoms with E-state index in [0.29, 0.717) is 17.1 Å². The standard InChI is InChI=1S/C18H20N2O4S2/c1-3-11(2)19-17(22)7-13-8-25-18(20-13)26-9-14(21)12-4-5-15-16(6-12)24-10-23-15/h4-6,8,11H,3,7,9-10H2,1-2H3,(H,19,22). The summed E-state index contributed by atoms with van der Waals surface area (Å²) in [7, 11) is 0. The van der Waals surface area contributed by atoms with Gasteiger partial charge in [0.2, 0.25) is 12.7 Å². The van der Waals surface area contributed by atoms with Gasteiger partial charge in [-0.25, -0.2) is 4.98 Å². The van der Waals surface area contributed by atoms with E-state index in [1.165, 1.54) is 23.1 Å². The minimum atomic E-state index is -0.0300. The van der Waals surface area contributed by atoms with E-state index in [1.54, 1.807) is 18.2 Å². The monoisotopic (exact) mass is 392 g/mol. The molecule has 0 fully saturated rings. The Bertz CT molecular complexity index is 806. The second kappa shape index (κ2) is 8.55. The van der Waals surface area contributed by atoms with Gasteiger partial charge in [-0.3, -0.25) is 9.59 Å². The number of aromatic nitrogens is 1. The summed E-state index contributed by atoms with van der Waals surface area (Å²) >= 11 is 2.83. The van der Waals surface area contributed by atoms with Crippen molar-refractivity contribution in [2.75, 3.05) is 12.5 Å². The average molecular weight is 393 g/mol. The van der Waals surface area contributed by atoms with Crippen molar-refractivity contribution in [2.45, 2.75) is 37.1 Å². The number of thiazole rings is 1. The van der Waals surface area contributed by atoms with Crippen molar-refractivity contribution in [3.8, 4) is 11.5 Å². The lowest BCUT2D eigenvalue weighted by Gasteiger charge is -2.10. The number of amides is 1. The maximum atomic E-state index is 12.4. The molecule has 1 N–H and O–H groups in total. The second-order valence-corrected chi connectivity index (χ2v) is 8.02. The van der Waals surface area contributed by atoms with E-state index in [-0.39, 0.29) is 36.7 Å². The first kappa shape index (κ1) is 18.7. The van der Waals surface area contributed by atoms with Crippen LogP contribution in [0.5, 0.6) is 11.5 Å². The first-order chi connectivity index (χ1) is 12.5. The molecule has 2 aromatic rings. The van der Waals surface area contributed by atoms with Crippen LogP contribution in [0.2, 0.25) is 0 Å². The first-order valence-corrected chi connectivity index (χ1v) is 10.2. The molecular formula is C18H20N2O4S2. The number of ether oxygens (including phenoxy) is 2. The van der Waals surface area contributed by atoms with E-state index < -0.39 is 0 Å². The fraction of sp³-hybridized carbons (Fsp3) is 0.389. The van der Waals surface area contributed by atoms with E-state index in [0.717, 1.165) is 16.5 Å². The predicted octanol–water partition coefficient (Wildman–Crippen LogP) is 3.30. The van der Waals surface area contributed by atoms with E-state index in [1.807, 2.05) is 19.2 Å². The highest BCUT2D eigenvalue weighted by Gasteiger charge is 2.17. The third-order valence-corrected chi connectivity index (χ3v) is 5.98. The second-order valence-electron chi connectivity index (χ2n) is 5.94. The van der Waals surface area contributed by atoms with Gasteiger partial charge in [0.15, 0.2) is 21.6 Å². The normalized spacial score (nSPS) is 13.5. The number of hydrogen-bond donors (Lipinski definition) is 1. The molecule has 1 unspecified atom stereocenters. The fourth-order valence-electron chi connectivity index (χ4n) is 2.31. The Kier molecular flexibility index (Phi) is 6.16.